The van der Waals surface area contributed by atoms with Crippen LogP contribution in [0.5, 0.6) is 0 Å². The van der Waals surface area contributed by atoms with E-state index in [9.17, 15) is 14.4 Å². The molecule has 70 heavy (non-hydrogen) atoms. The molecule has 0 radical (unpaired) electrons. The van der Waals surface area contributed by atoms with Crippen LogP contribution in [0.15, 0.2) is 109 Å². The van der Waals surface area contributed by atoms with Gasteiger partial charge in [-0.3, -0.25) is 14.4 Å². The highest BCUT2D eigenvalue weighted by molar-refractivity contribution is 5.71. The van der Waals surface area contributed by atoms with Crippen molar-refractivity contribution in [1.29, 1.82) is 0 Å². The summed E-state index contributed by atoms with van der Waals surface area (Å²) in [6, 6.07) is 0. The summed E-state index contributed by atoms with van der Waals surface area (Å²) in [4.78, 5) is 38.2. The van der Waals surface area contributed by atoms with Crippen molar-refractivity contribution < 1.29 is 28.6 Å². The van der Waals surface area contributed by atoms with Gasteiger partial charge in [0.15, 0.2) is 6.10 Å². The molecule has 0 fully saturated rings. The highest BCUT2D eigenvalue weighted by Crippen LogP contribution is 2.15. The van der Waals surface area contributed by atoms with E-state index in [1.807, 2.05) is 0 Å². The van der Waals surface area contributed by atoms with Crippen LogP contribution >= 0.6 is 0 Å². The fourth-order valence-electron chi connectivity index (χ4n) is 7.76. The lowest BCUT2D eigenvalue weighted by atomic mass is 10.0. The van der Waals surface area contributed by atoms with Crippen LogP contribution in [0, 0.1) is 0 Å². The van der Waals surface area contributed by atoms with Crippen LogP contribution in [-0.4, -0.2) is 37.2 Å². The summed E-state index contributed by atoms with van der Waals surface area (Å²) < 4.78 is 16.8. The smallest absolute Gasteiger partial charge is 0.306 e. The van der Waals surface area contributed by atoms with Crippen molar-refractivity contribution in [2.75, 3.05) is 13.2 Å². The molecule has 0 aliphatic carbocycles. The Bertz CT molecular complexity index is 1440. The first-order valence-corrected chi connectivity index (χ1v) is 28.9. The van der Waals surface area contributed by atoms with Gasteiger partial charge in [-0.1, -0.05) is 252 Å². The summed E-state index contributed by atoms with van der Waals surface area (Å²) in [5, 5.41) is 0. The monoisotopic (exact) mass is 971 g/mol. The first kappa shape index (κ1) is 66.1. The molecule has 1 atom stereocenters. The number of ether oxygens (including phenoxy) is 3. The SMILES string of the molecule is CC/C=C\C/C=C\C/C=C\C/C=C\C/C=C\CCCC(=O)OC(COC(=O)CCCCCCCC/C=C\C/C=C\C/C=C\C/C=C\CC)COC(=O)CCCCCCCCCCCCCCCCCC. The zero-order chi connectivity index (χ0) is 50.7. The van der Waals surface area contributed by atoms with Gasteiger partial charge in [-0.15, -0.1) is 0 Å². The molecular weight excluding hydrogens is 865 g/mol. The Morgan fingerprint density at radius 1 is 0.300 bits per heavy atom. The normalized spacial score (nSPS) is 12.9. The fourth-order valence-corrected chi connectivity index (χ4v) is 7.76. The number of unbranched alkanes of at least 4 members (excludes halogenated alkanes) is 22. The number of rotatable bonds is 51. The van der Waals surface area contributed by atoms with Crippen LogP contribution in [0.25, 0.3) is 0 Å². The zero-order valence-electron chi connectivity index (χ0n) is 45.5. The number of allylic oxidation sites excluding steroid dienone is 18. The van der Waals surface area contributed by atoms with E-state index < -0.39 is 6.10 Å². The number of hydrogen-bond donors (Lipinski definition) is 0. The van der Waals surface area contributed by atoms with Gasteiger partial charge in [0.1, 0.15) is 13.2 Å². The maximum Gasteiger partial charge on any atom is 0.306 e. The molecule has 0 aromatic carbocycles. The summed E-state index contributed by atoms with van der Waals surface area (Å²) in [6.45, 7) is 6.37. The van der Waals surface area contributed by atoms with E-state index in [4.69, 9.17) is 14.2 Å². The number of hydrogen-bond acceptors (Lipinski definition) is 6. The van der Waals surface area contributed by atoms with Crippen molar-refractivity contribution in [3.63, 3.8) is 0 Å². The Hall–Kier alpha value is -3.93. The van der Waals surface area contributed by atoms with Crippen LogP contribution in [0.1, 0.15) is 258 Å². The van der Waals surface area contributed by atoms with E-state index in [0.717, 1.165) is 116 Å². The van der Waals surface area contributed by atoms with Crippen molar-refractivity contribution in [3.05, 3.63) is 109 Å². The summed E-state index contributed by atoms with van der Waals surface area (Å²) in [7, 11) is 0. The average Bonchev–Trinajstić information content (AvgIpc) is 3.36. The highest BCUT2D eigenvalue weighted by Gasteiger charge is 2.19. The molecule has 0 aliphatic heterocycles. The molecule has 0 rings (SSSR count). The number of esters is 3. The molecule has 0 amide bonds. The quantitative estimate of drug-likeness (QED) is 0.0262. The minimum atomic E-state index is -0.815. The van der Waals surface area contributed by atoms with Crippen molar-refractivity contribution in [3.8, 4) is 0 Å². The van der Waals surface area contributed by atoms with Crippen LogP contribution in [-0.2, 0) is 28.6 Å². The van der Waals surface area contributed by atoms with Gasteiger partial charge < -0.3 is 14.2 Å². The lowest BCUT2D eigenvalue weighted by Crippen LogP contribution is -2.30. The topological polar surface area (TPSA) is 78.9 Å². The Kier molecular flexibility index (Phi) is 54.4. The van der Waals surface area contributed by atoms with E-state index in [0.29, 0.717) is 19.3 Å². The Labute approximate surface area is 431 Å². The zero-order valence-corrected chi connectivity index (χ0v) is 45.5. The van der Waals surface area contributed by atoms with E-state index in [1.54, 1.807) is 0 Å². The van der Waals surface area contributed by atoms with Crippen molar-refractivity contribution in [1.82, 2.24) is 0 Å². The Morgan fingerprint density at radius 2 is 0.571 bits per heavy atom. The van der Waals surface area contributed by atoms with E-state index in [1.165, 1.54) is 96.3 Å². The summed E-state index contributed by atoms with van der Waals surface area (Å²) in [5.41, 5.74) is 0. The minimum Gasteiger partial charge on any atom is -0.462 e. The highest BCUT2D eigenvalue weighted by atomic mass is 16.6. The molecular formula is C64H106O6. The lowest BCUT2D eigenvalue weighted by Gasteiger charge is -2.18. The van der Waals surface area contributed by atoms with Crippen LogP contribution < -0.4 is 0 Å². The molecule has 6 nitrogen and oxygen atoms in total. The van der Waals surface area contributed by atoms with Gasteiger partial charge in [-0.25, -0.2) is 0 Å². The molecule has 0 bridgehead atoms. The van der Waals surface area contributed by atoms with Crippen molar-refractivity contribution in [2.45, 2.75) is 264 Å². The van der Waals surface area contributed by atoms with Gasteiger partial charge in [-0.2, -0.15) is 0 Å². The second-order valence-corrected chi connectivity index (χ2v) is 18.8. The number of carbonyl (C=O) groups excluding carboxylic acids is 3. The maximum atomic E-state index is 12.8. The summed E-state index contributed by atoms with van der Waals surface area (Å²) in [5.74, 6) is -0.975. The largest absolute Gasteiger partial charge is 0.462 e. The second kappa shape index (κ2) is 57.6. The molecule has 0 saturated carbocycles. The van der Waals surface area contributed by atoms with Crippen LogP contribution in [0.4, 0.5) is 0 Å². The molecule has 0 aromatic heterocycles. The second-order valence-electron chi connectivity index (χ2n) is 18.8. The van der Waals surface area contributed by atoms with E-state index in [-0.39, 0.29) is 37.5 Å². The predicted molar refractivity (Wildman–Crippen MR) is 302 cm³/mol. The van der Waals surface area contributed by atoms with Crippen LogP contribution in [0.3, 0.4) is 0 Å². The van der Waals surface area contributed by atoms with Gasteiger partial charge in [0.05, 0.1) is 0 Å². The van der Waals surface area contributed by atoms with Crippen molar-refractivity contribution in [2.24, 2.45) is 0 Å². The fraction of sp³-hybridized carbons (Fsp3) is 0.672. The van der Waals surface area contributed by atoms with Crippen LogP contribution in [0.2, 0.25) is 0 Å². The molecule has 398 valence electrons. The third kappa shape index (κ3) is 55.0. The first-order valence-electron chi connectivity index (χ1n) is 28.9. The Balaban J connectivity index is 4.49. The Morgan fingerprint density at radius 3 is 0.914 bits per heavy atom. The first-order chi connectivity index (χ1) is 34.5. The third-order valence-corrected chi connectivity index (χ3v) is 12.0. The predicted octanol–water partition coefficient (Wildman–Crippen LogP) is 19.5. The molecule has 0 saturated heterocycles. The standard InChI is InChI=1S/C64H106O6/c1-4-7-10-13-16-19-22-25-28-31-32-34-36-39-42-45-48-51-54-57-63(66)69-60-61(59-68-62(65)56-53-50-47-44-41-38-35-30-27-24-21-18-15-12-9-6-3)70-64(67)58-55-52-49-46-43-40-37-33-29-26-23-20-17-14-11-8-5-2/h7-8,10-11,16-17,19-20,25-26,28-29,32,34,37,40,46,49,61H,4-6,9,12-15,18,21-24,27,30-31,33,35-36,38-39,41-45,47-48,50-60H2,1-3H3/b10-7-,11-8-,19-16-,20-17-,28-25-,29-26-,34-32-,40-37-,49-46-. The average molecular weight is 972 g/mol. The third-order valence-electron chi connectivity index (χ3n) is 12.0. The molecule has 1 unspecified atom stereocenters. The van der Waals surface area contributed by atoms with Crippen molar-refractivity contribution >= 4 is 17.9 Å². The molecule has 6 heteroatoms. The van der Waals surface area contributed by atoms with Gasteiger partial charge in [0, 0.05) is 19.3 Å². The van der Waals surface area contributed by atoms with Gasteiger partial charge >= 0.3 is 17.9 Å². The molecule has 0 aliphatic rings. The van der Waals surface area contributed by atoms with E-state index >= 15 is 0 Å². The summed E-state index contributed by atoms with van der Waals surface area (Å²) >= 11 is 0. The molecule has 0 aromatic rings. The van der Waals surface area contributed by atoms with E-state index in [2.05, 4.69) is 130 Å². The summed E-state index contributed by atoms with van der Waals surface area (Å²) in [6.07, 6.45) is 78.0. The van der Waals surface area contributed by atoms with Gasteiger partial charge in [0.25, 0.3) is 0 Å². The lowest BCUT2D eigenvalue weighted by molar-refractivity contribution is -0.167. The number of carbonyl (C=O) groups is 3. The minimum absolute atomic E-state index is 0.105. The maximum absolute atomic E-state index is 12.8. The van der Waals surface area contributed by atoms with Gasteiger partial charge in [0.2, 0.25) is 0 Å². The molecule has 0 spiro atoms. The molecule has 0 N–H and O–H groups in total. The molecule has 0 heterocycles. The van der Waals surface area contributed by atoms with Gasteiger partial charge in [-0.05, 0) is 96.3 Å².